The van der Waals surface area contributed by atoms with Gasteiger partial charge in [-0.1, -0.05) is 20.8 Å². The first kappa shape index (κ1) is 13.4. The average molecular weight is 201 g/mol. The number of carbonyl (C=O) groups is 1. The van der Waals surface area contributed by atoms with Gasteiger partial charge in [-0.05, 0) is 12.5 Å². The summed E-state index contributed by atoms with van der Waals surface area (Å²) < 4.78 is 0. The van der Waals surface area contributed by atoms with Gasteiger partial charge in [0.15, 0.2) is 0 Å². The number of carbonyl (C=O) groups excluding carboxylic acids is 1. The standard InChI is InChI=1S/C10H23N3O/c1-4-13(7-9(2)3)8-10(14)12-6-5-11/h9H,4-8,11H2,1-3H3,(H,12,14). The summed E-state index contributed by atoms with van der Waals surface area (Å²) in [5.41, 5.74) is 5.29. The Hall–Kier alpha value is -0.610. The quantitative estimate of drug-likeness (QED) is 0.611. The van der Waals surface area contributed by atoms with Gasteiger partial charge in [-0.25, -0.2) is 0 Å². The number of nitrogens with zero attached hydrogens (tertiary/aromatic N) is 1. The molecule has 0 fully saturated rings. The summed E-state index contributed by atoms with van der Waals surface area (Å²) in [6.07, 6.45) is 0. The van der Waals surface area contributed by atoms with Crippen LogP contribution in [0.2, 0.25) is 0 Å². The smallest absolute Gasteiger partial charge is 0.234 e. The number of hydrogen-bond donors (Lipinski definition) is 2. The third-order valence-electron chi connectivity index (χ3n) is 1.90. The van der Waals surface area contributed by atoms with E-state index in [1.165, 1.54) is 0 Å². The van der Waals surface area contributed by atoms with E-state index in [1.807, 2.05) is 0 Å². The van der Waals surface area contributed by atoms with Crippen LogP contribution in [0, 0.1) is 5.92 Å². The summed E-state index contributed by atoms with van der Waals surface area (Å²) in [6, 6.07) is 0. The van der Waals surface area contributed by atoms with E-state index in [0.717, 1.165) is 13.1 Å². The Morgan fingerprint density at radius 1 is 1.50 bits per heavy atom. The number of nitrogens with one attached hydrogen (secondary N) is 1. The second-order valence-corrected chi connectivity index (χ2v) is 3.86. The molecule has 0 saturated carbocycles. The monoisotopic (exact) mass is 201 g/mol. The summed E-state index contributed by atoms with van der Waals surface area (Å²) in [7, 11) is 0. The lowest BCUT2D eigenvalue weighted by atomic mass is 10.2. The molecule has 84 valence electrons. The van der Waals surface area contributed by atoms with E-state index in [0.29, 0.717) is 25.6 Å². The Labute approximate surface area is 86.8 Å². The number of rotatable bonds is 7. The predicted molar refractivity (Wildman–Crippen MR) is 59.0 cm³/mol. The summed E-state index contributed by atoms with van der Waals surface area (Å²) in [5.74, 6) is 0.662. The van der Waals surface area contributed by atoms with Crippen LogP contribution in [0.5, 0.6) is 0 Å². The molecule has 0 spiro atoms. The summed E-state index contributed by atoms with van der Waals surface area (Å²) in [6.45, 7) is 9.80. The first-order valence-electron chi connectivity index (χ1n) is 5.29. The lowest BCUT2D eigenvalue weighted by Crippen LogP contribution is -2.40. The zero-order chi connectivity index (χ0) is 11.0. The van der Waals surface area contributed by atoms with Gasteiger partial charge < -0.3 is 11.1 Å². The molecular formula is C10H23N3O. The van der Waals surface area contributed by atoms with Crippen LogP contribution >= 0.6 is 0 Å². The lowest BCUT2D eigenvalue weighted by molar-refractivity contribution is -0.122. The molecule has 0 aliphatic carbocycles. The first-order valence-corrected chi connectivity index (χ1v) is 5.29. The number of hydrogen-bond acceptors (Lipinski definition) is 3. The van der Waals surface area contributed by atoms with E-state index in [-0.39, 0.29) is 5.91 Å². The predicted octanol–water partition coefficient (Wildman–Crippen LogP) is 0.0392. The molecule has 4 nitrogen and oxygen atoms in total. The molecule has 0 saturated heterocycles. The highest BCUT2D eigenvalue weighted by molar-refractivity contribution is 5.77. The van der Waals surface area contributed by atoms with E-state index >= 15 is 0 Å². The van der Waals surface area contributed by atoms with Crippen molar-refractivity contribution < 1.29 is 4.79 Å². The Kier molecular flexibility index (Phi) is 7.42. The number of nitrogens with two attached hydrogens (primary N) is 1. The molecule has 0 aromatic carbocycles. The van der Waals surface area contributed by atoms with Crippen LogP contribution in [0.4, 0.5) is 0 Å². The highest BCUT2D eigenvalue weighted by Crippen LogP contribution is 1.97. The number of likely N-dealkylation sites (N-methyl/N-ethyl adjacent to an activating group) is 1. The zero-order valence-corrected chi connectivity index (χ0v) is 9.55. The lowest BCUT2D eigenvalue weighted by Gasteiger charge is -2.21. The molecule has 1 amide bonds. The van der Waals surface area contributed by atoms with Crippen molar-refractivity contribution in [3.63, 3.8) is 0 Å². The van der Waals surface area contributed by atoms with Crippen molar-refractivity contribution >= 4 is 5.91 Å². The number of amides is 1. The van der Waals surface area contributed by atoms with Crippen LogP contribution in [-0.2, 0) is 4.79 Å². The molecule has 0 unspecified atom stereocenters. The maximum Gasteiger partial charge on any atom is 0.234 e. The van der Waals surface area contributed by atoms with E-state index in [9.17, 15) is 4.79 Å². The second-order valence-electron chi connectivity index (χ2n) is 3.86. The van der Waals surface area contributed by atoms with Crippen LogP contribution in [0.1, 0.15) is 20.8 Å². The fourth-order valence-electron chi connectivity index (χ4n) is 1.29. The SMILES string of the molecule is CCN(CC(=O)NCCN)CC(C)C. The average Bonchev–Trinajstić information content (AvgIpc) is 2.12. The Morgan fingerprint density at radius 2 is 2.14 bits per heavy atom. The van der Waals surface area contributed by atoms with E-state index in [2.05, 4.69) is 31.0 Å². The first-order chi connectivity index (χ1) is 6.60. The minimum Gasteiger partial charge on any atom is -0.354 e. The van der Waals surface area contributed by atoms with Crippen molar-refractivity contribution in [1.82, 2.24) is 10.2 Å². The molecule has 0 rings (SSSR count). The third kappa shape index (κ3) is 6.86. The fraction of sp³-hybridized carbons (Fsp3) is 0.900. The van der Waals surface area contributed by atoms with Crippen molar-refractivity contribution in [2.24, 2.45) is 11.7 Å². The third-order valence-corrected chi connectivity index (χ3v) is 1.90. The van der Waals surface area contributed by atoms with Crippen LogP contribution < -0.4 is 11.1 Å². The highest BCUT2D eigenvalue weighted by atomic mass is 16.2. The van der Waals surface area contributed by atoms with E-state index in [4.69, 9.17) is 5.73 Å². The second kappa shape index (κ2) is 7.76. The Morgan fingerprint density at radius 3 is 2.57 bits per heavy atom. The molecule has 14 heavy (non-hydrogen) atoms. The van der Waals surface area contributed by atoms with Gasteiger partial charge in [0.05, 0.1) is 6.54 Å². The van der Waals surface area contributed by atoms with Gasteiger partial charge in [0, 0.05) is 19.6 Å². The molecule has 0 aliphatic heterocycles. The van der Waals surface area contributed by atoms with Gasteiger partial charge in [0.25, 0.3) is 0 Å². The molecule has 0 aliphatic rings. The van der Waals surface area contributed by atoms with Gasteiger partial charge in [0.1, 0.15) is 0 Å². The maximum atomic E-state index is 11.3. The van der Waals surface area contributed by atoms with Gasteiger partial charge in [-0.3, -0.25) is 9.69 Å². The van der Waals surface area contributed by atoms with Gasteiger partial charge in [-0.15, -0.1) is 0 Å². The van der Waals surface area contributed by atoms with Crippen molar-refractivity contribution in [2.75, 3.05) is 32.7 Å². The Bertz CT molecular complexity index is 159. The van der Waals surface area contributed by atoms with E-state index < -0.39 is 0 Å². The van der Waals surface area contributed by atoms with Crippen molar-refractivity contribution in [2.45, 2.75) is 20.8 Å². The van der Waals surface area contributed by atoms with Crippen LogP contribution in [-0.4, -0.2) is 43.5 Å². The molecule has 0 heterocycles. The van der Waals surface area contributed by atoms with Crippen LogP contribution in [0.25, 0.3) is 0 Å². The minimum atomic E-state index is 0.0675. The largest absolute Gasteiger partial charge is 0.354 e. The van der Waals surface area contributed by atoms with Gasteiger partial charge in [-0.2, -0.15) is 0 Å². The topological polar surface area (TPSA) is 58.4 Å². The maximum absolute atomic E-state index is 11.3. The fourth-order valence-corrected chi connectivity index (χ4v) is 1.29. The summed E-state index contributed by atoms with van der Waals surface area (Å²) in [4.78, 5) is 13.5. The van der Waals surface area contributed by atoms with E-state index in [1.54, 1.807) is 0 Å². The molecule has 0 radical (unpaired) electrons. The molecule has 0 aromatic heterocycles. The minimum absolute atomic E-state index is 0.0675. The Balaban J connectivity index is 3.74. The summed E-state index contributed by atoms with van der Waals surface area (Å²) >= 11 is 0. The molecule has 3 N–H and O–H groups in total. The molecule has 0 aromatic rings. The zero-order valence-electron chi connectivity index (χ0n) is 9.55. The normalized spacial score (nSPS) is 11.0. The van der Waals surface area contributed by atoms with Crippen LogP contribution in [0.3, 0.4) is 0 Å². The van der Waals surface area contributed by atoms with Gasteiger partial charge in [0.2, 0.25) is 5.91 Å². The highest BCUT2D eigenvalue weighted by Gasteiger charge is 2.09. The molecule has 0 bridgehead atoms. The van der Waals surface area contributed by atoms with Crippen molar-refractivity contribution in [3.05, 3.63) is 0 Å². The molecule has 4 heteroatoms. The molecule has 0 atom stereocenters. The van der Waals surface area contributed by atoms with Crippen molar-refractivity contribution in [3.8, 4) is 0 Å². The van der Waals surface area contributed by atoms with Crippen molar-refractivity contribution in [1.29, 1.82) is 0 Å². The summed E-state index contributed by atoms with van der Waals surface area (Å²) in [5, 5.41) is 2.76. The van der Waals surface area contributed by atoms with Crippen LogP contribution in [0.15, 0.2) is 0 Å². The molecular weight excluding hydrogens is 178 g/mol. The van der Waals surface area contributed by atoms with Gasteiger partial charge >= 0.3 is 0 Å².